The van der Waals surface area contributed by atoms with Crippen molar-refractivity contribution in [2.75, 3.05) is 19.4 Å². The third-order valence-corrected chi connectivity index (χ3v) is 5.39. The maximum atomic E-state index is 12.3. The van der Waals surface area contributed by atoms with Gasteiger partial charge in [0.1, 0.15) is 5.75 Å². The standard InChI is InChI=1S/C18H22N2O4S/c1-13-8-10-16(11-9-13)24-14(2)18(21)19-15-6-5-7-17(12-15)25(22,23)20(3)4/h5-12,14H,1-4H3,(H,19,21). The van der Waals surface area contributed by atoms with Crippen molar-refractivity contribution in [3.8, 4) is 5.75 Å². The summed E-state index contributed by atoms with van der Waals surface area (Å²) in [5.74, 6) is 0.233. The summed E-state index contributed by atoms with van der Waals surface area (Å²) in [6.45, 7) is 3.60. The Morgan fingerprint density at radius 2 is 1.76 bits per heavy atom. The van der Waals surface area contributed by atoms with Crippen LogP contribution in [0.3, 0.4) is 0 Å². The molecule has 2 aromatic carbocycles. The van der Waals surface area contributed by atoms with E-state index in [1.54, 1.807) is 31.2 Å². The number of hydrogen-bond donors (Lipinski definition) is 1. The highest BCUT2D eigenvalue weighted by Crippen LogP contribution is 2.19. The van der Waals surface area contributed by atoms with Gasteiger partial charge in [-0.1, -0.05) is 23.8 Å². The van der Waals surface area contributed by atoms with Crippen LogP contribution < -0.4 is 10.1 Å². The lowest BCUT2D eigenvalue weighted by atomic mass is 10.2. The number of aryl methyl sites for hydroxylation is 1. The molecular formula is C18H22N2O4S. The van der Waals surface area contributed by atoms with Crippen molar-refractivity contribution in [3.05, 3.63) is 54.1 Å². The molecule has 1 amide bonds. The van der Waals surface area contributed by atoms with Crippen LogP contribution in [0, 0.1) is 6.92 Å². The molecule has 6 nitrogen and oxygen atoms in total. The zero-order valence-corrected chi connectivity index (χ0v) is 15.5. The minimum absolute atomic E-state index is 0.113. The van der Waals surface area contributed by atoms with Crippen LogP contribution in [0.15, 0.2) is 53.4 Å². The highest BCUT2D eigenvalue weighted by molar-refractivity contribution is 7.89. The number of rotatable bonds is 6. The van der Waals surface area contributed by atoms with Crippen molar-refractivity contribution in [1.29, 1.82) is 0 Å². The maximum absolute atomic E-state index is 12.3. The van der Waals surface area contributed by atoms with Gasteiger partial charge in [-0.25, -0.2) is 12.7 Å². The van der Waals surface area contributed by atoms with Crippen LogP contribution in [0.1, 0.15) is 12.5 Å². The molecule has 2 rings (SSSR count). The number of anilines is 1. The van der Waals surface area contributed by atoms with Crippen molar-refractivity contribution < 1.29 is 17.9 Å². The molecule has 134 valence electrons. The van der Waals surface area contributed by atoms with E-state index in [1.807, 2.05) is 19.1 Å². The zero-order valence-electron chi connectivity index (χ0n) is 14.7. The minimum Gasteiger partial charge on any atom is -0.481 e. The average Bonchev–Trinajstić information content (AvgIpc) is 2.57. The molecule has 1 atom stereocenters. The van der Waals surface area contributed by atoms with Gasteiger partial charge in [0.25, 0.3) is 5.91 Å². The Morgan fingerprint density at radius 1 is 1.12 bits per heavy atom. The molecule has 0 saturated heterocycles. The summed E-state index contributed by atoms with van der Waals surface area (Å²) in [6, 6.07) is 13.5. The van der Waals surface area contributed by atoms with Gasteiger partial charge < -0.3 is 10.1 Å². The SMILES string of the molecule is Cc1ccc(OC(C)C(=O)Nc2cccc(S(=O)(=O)N(C)C)c2)cc1. The second-order valence-corrected chi connectivity index (χ2v) is 8.03. The van der Waals surface area contributed by atoms with E-state index in [-0.39, 0.29) is 10.8 Å². The van der Waals surface area contributed by atoms with Crippen LogP contribution in [-0.4, -0.2) is 38.8 Å². The number of sulfonamides is 1. The van der Waals surface area contributed by atoms with Crippen LogP contribution in [0.4, 0.5) is 5.69 Å². The fourth-order valence-corrected chi connectivity index (χ4v) is 3.01. The Balaban J connectivity index is 2.08. The smallest absolute Gasteiger partial charge is 0.265 e. The summed E-state index contributed by atoms with van der Waals surface area (Å²) in [5, 5.41) is 2.68. The Kier molecular flexibility index (Phi) is 5.81. The van der Waals surface area contributed by atoms with Gasteiger partial charge in [0.05, 0.1) is 4.90 Å². The molecule has 2 aromatic rings. The second-order valence-electron chi connectivity index (χ2n) is 5.88. The molecule has 0 spiro atoms. The third kappa shape index (κ3) is 4.80. The van der Waals surface area contributed by atoms with Gasteiger partial charge in [-0.05, 0) is 44.2 Å². The van der Waals surface area contributed by atoms with Crippen molar-refractivity contribution in [3.63, 3.8) is 0 Å². The molecule has 1 unspecified atom stereocenters. The summed E-state index contributed by atoms with van der Waals surface area (Å²) >= 11 is 0. The summed E-state index contributed by atoms with van der Waals surface area (Å²) in [7, 11) is -0.644. The lowest BCUT2D eigenvalue weighted by molar-refractivity contribution is -0.122. The molecule has 0 radical (unpaired) electrons. The molecule has 1 N–H and O–H groups in total. The fourth-order valence-electron chi connectivity index (χ4n) is 2.06. The molecular weight excluding hydrogens is 340 g/mol. The first-order valence-corrected chi connectivity index (χ1v) is 9.21. The number of ether oxygens (including phenoxy) is 1. The summed E-state index contributed by atoms with van der Waals surface area (Å²) in [5.41, 5.74) is 1.50. The van der Waals surface area contributed by atoms with E-state index in [4.69, 9.17) is 4.74 Å². The van der Waals surface area contributed by atoms with E-state index in [0.29, 0.717) is 11.4 Å². The quantitative estimate of drug-likeness (QED) is 0.857. The van der Waals surface area contributed by atoms with Crippen molar-refractivity contribution in [2.45, 2.75) is 24.8 Å². The van der Waals surface area contributed by atoms with E-state index in [2.05, 4.69) is 5.32 Å². The van der Waals surface area contributed by atoms with E-state index in [0.717, 1.165) is 9.87 Å². The van der Waals surface area contributed by atoms with Crippen LogP contribution in [0.25, 0.3) is 0 Å². The number of nitrogens with zero attached hydrogens (tertiary/aromatic N) is 1. The zero-order chi connectivity index (χ0) is 18.6. The van der Waals surface area contributed by atoms with E-state index in [1.165, 1.54) is 26.2 Å². The summed E-state index contributed by atoms with van der Waals surface area (Å²) in [4.78, 5) is 12.4. The Hall–Kier alpha value is -2.38. The number of benzene rings is 2. The third-order valence-electron chi connectivity index (χ3n) is 3.58. The number of hydrogen-bond acceptors (Lipinski definition) is 4. The van der Waals surface area contributed by atoms with Crippen LogP contribution in [0.5, 0.6) is 5.75 Å². The highest BCUT2D eigenvalue weighted by Gasteiger charge is 2.19. The second kappa shape index (κ2) is 7.67. The lowest BCUT2D eigenvalue weighted by Gasteiger charge is -2.16. The van der Waals surface area contributed by atoms with Gasteiger partial charge in [-0.15, -0.1) is 0 Å². The Morgan fingerprint density at radius 3 is 2.36 bits per heavy atom. The predicted octanol–water partition coefficient (Wildman–Crippen LogP) is 2.65. The van der Waals surface area contributed by atoms with Crippen molar-refractivity contribution in [1.82, 2.24) is 4.31 Å². The largest absolute Gasteiger partial charge is 0.481 e. The molecule has 0 aliphatic rings. The molecule has 25 heavy (non-hydrogen) atoms. The van der Waals surface area contributed by atoms with Crippen molar-refractivity contribution in [2.24, 2.45) is 0 Å². The van der Waals surface area contributed by atoms with Crippen LogP contribution >= 0.6 is 0 Å². The molecule has 0 aromatic heterocycles. The first-order valence-electron chi connectivity index (χ1n) is 7.77. The Bertz CT molecular complexity index is 846. The molecule has 0 saturated carbocycles. The first kappa shape index (κ1) is 19.0. The van der Waals surface area contributed by atoms with Crippen molar-refractivity contribution >= 4 is 21.6 Å². The van der Waals surface area contributed by atoms with Crippen LogP contribution in [-0.2, 0) is 14.8 Å². The van der Waals surface area contributed by atoms with E-state index < -0.39 is 16.1 Å². The van der Waals surface area contributed by atoms with Gasteiger partial charge in [0.2, 0.25) is 10.0 Å². The normalized spacial score (nSPS) is 12.7. The molecule has 0 aliphatic carbocycles. The molecule has 0 bridgehead atoms. The highest BCUT2D eigenvalue weighted by atomic mass is 32.2. The van der Waals surface area contributed by atoms with Gasteiger partial charge in [0.15, 0.2) is 6.10 Å². The number of carbonyl (C=O) groups is 1. The molecule has 0 fully saturated rings. The molecule has 0 heterocycles. The van der Waals surface area contributed by atoms with Gasteiger partial charge in [-0.3, -0.25) is 4.79 Å². The number of nitrogens with one attached hydrogen (secondary N) is 1. The monoisotopic (exact) mass is 362 g/mol. The van der Waals surface area contributed by atoms with Crippen LogP contribution in [0.2, 0.25) is 0 Å². The summed E-state index contributed by atoms with van der Waals surface area (Å²) < 4.78 is 31.0. The fraction of sp³-hybridized carbons (Fsp3) is 0.278. The minimum atomic E-state index is -3.56. The maximum Gasteiger partial charge on any atom is 0.265 e. The lowest BCUT2D eigenvalue weighted by Crippen LogP contribution is -2.30. The number of carbonyl (C=O) groups excluding carboxylic acids is 1. The Labute approximate surface area is 148 Å². The average molecular weight is 362 g/mol. The summed E-state index contributed by atoms with van der Waals surface area (Å²) in [6.07, 6.45) is -0.725. The van der Waals surface area contributed by atoms with Gasteiger partial charge in [-0.2, -0.15) is 0 Å². The topological polar surface area (TPSA) is 75.7 Å². The number of amides is 1. The molecule has 7 heteroatoms. The predicted molar refractivity (Wildman–Crippen MR) is 97.2 cm³/mol. The molecule has 0 aliphatic heterocycles. The van der Waals surface area contributed by atoms with Gasteiger partial charge in [0, 0.05) is 19.8 Å². The first-order chi connectivity index (χ1) is 11.7. The van der Waals surface area contributed by atoms with E-state index in [9.17, 15) is 13.2 Å². The van der Waals surface area contributed by atoms with E-state index >= 15 is 0 Å². The van der Waals surface area contributed by atoms with Gasteiger partial charge >= 0.3 is 0 Å².